The Hall–Kier alpha value is -0.840. The third-order valence-corrected chi connectivity index (χ3v) is 4.79. The summed E-state index contributed by atoms with van der Waals surface area (Å²) in [5, 5.41) is 0.805. The molecule has 1 heterocycles. The monoisotopic (exact) mass is 294 g/mol. The van der Waals surface area contributed by atoms with Crippen molar-refractivity contribution in [3.05, 3.63) is 5.82 Å². The van der Waals surface area contributed by atoms with Crippen molar-refractivity contribution in [3.8, 4) is 0 Å². The van der Waals surface area contributed by atoms with Crippen LogP contribution in [-0.2, 0) is 6.42 Å². The lowest BCUT2D eigenvalue weighted by molar-refractivity contribution is 0.350. The predicted octanol–water partition coefficient (Wildman–Crippen LogP) is 3.86. The zero-order valence-electron chi connectivity index (χ0n) is 12.5. The number of hydrogen-bond acceptors (Lipinski definition) is 5. The Labute approximate surface area is 126 Å². The lowest BCUT2D eigenvalue weighted by Crippen LogP contribution is -2.13. The van der Waals surface area contributed by atoms with Gasteiger partial charge in [-0.3, -0.25) is 0 Å². The molecule has 4 nitrogen and oxygen atoms in total. The predicted molar refractivity (Wildman–Crippen MR) is 84.8 cm³/mol. The molecule has 0 amide bonds. The van der Waals surface area contributed by atoms with Gasteiger partial charge in [0.2, 0.25) is 5.95 Å². The fourth-order valence-electron chi connectivity index (χ4n) is 2.74. The van der Waals surface area contributed by atoms with Crippen molar-refractivity contribution >= 4 is 17.7 Å². The molecular weight excluding hydrogens is 268 g/mol. The zero-order valence-corrected chi connectivity index (χ0v) is 13.3. The highest BCUT2D eigenvalue weighted by Gasteiger charge is 2.16. The number of rotatable bonds is 7. The lowest BCUT2D eigenvalue weighted by atomic mass is 9.87. The summed E-state index contributed by atoms with van der Waals surface area (Å²) >= 11 is 1.71. The van der Waals surface area contributed by atoms with Crippen LogP contribution < -0.4 is 5.73 Å². The molecular formula is C15H26N4S. The number of nitrogens with two attached hydrogens (primary N) is 1. The van der Waals surface area contributed by atoms with E-state index in [0.29, 0.717) is 5.95 Å². The number of nitrogens with zero attached hydrogens (tertiary/aromatic N) is 3. The first kappa shape index (κ1) is 15.5. The molecule has 5 heteroatoms. The minimum atomic E-state index is 0.379. The molecule has 0 unspecified atom stereocenters. The van der Waals surface area contributed by atoms with E-state index in [2.05, 4.69) is 21.9 Å². The van der Waals surface area contributed by atoms with Crippen LogP contribution in [0, 0.1) is 5.92 Å². The van der Waals surface area contributed by atoms with Crippen molar-refractivity contribution in [3.63, 3.8) is 0 Å². The van der Waals surface area contributed by atoms with Gasteiger partial charge in [0.05, 0.1) is 0 Å². The highest BCUT2D eigenvalue weighted by Crippen LogP contribution is 2.26. The average Bonchev–Trinajstić information content (AvgIpc) is 2.44. The van der Waals surface area contributed by atoms with E-state index in [9.17, 15) is 0 Å². The van der Waals surface area contributed by atoms with Gasteiger partial charge in [0.15, 0.2) is 5.16 Å². The molecule has 0 bridgehead atoms. The third-order valence-electron chi connectivity index (χ3n) is 3.85. The van der Waals surface area contributed by atoms with Crippen LogP contribution in [0.2, 0.25) is 0 Å². The second kappa shape index (κ2) is 8.45. The molecule has 0 spiro atoms. The maximum atomic E-state index is 5.82. The first-order valence-electron chi connectivity index (χ1n) is 7.91. The first-order valence-corrected chi connectivity index (χ1v) is 8.89. The summed E-state index contributed by atoms with van der Waals surface area (Å²) in [5.74, 6) is 3.08. The highest BCUT2D eigenvalue weighted by atomic mass is 32.2. The average molecular weight is 294 g/mol. The second-order valence-electron chi connectivity index (χ2n) is 5.66. The van der Waals surface area contributed by atoms with Crippen molar-refractivity contribution in [1.29, 1.82) is 0 Å². The topological polar surface area (TPSA) is 64.7 Å². The van der Waals surface area contributed by atoms with E-state index < -0.39 is 0 Å². The quantitative estimate of drug-likeness (QED) is 0.611. The van der Waals surface area contributed by atoms with Gasteiger partial charge in [-0.05, 0) is 12.3 Å². The van der Waals surface area contributed by atoms with E-state index in [4.69, 9.17) is 5.73 Å². The largest absolute Gasteiger partial charge is 0.368 e. The molecule has 1 aliphatic rings. The Bertz CT molecular complexity index is 405. The van der Waals surface area contributed by atoms with Gasteiger partial charge in [0.25, 0.3) is 0 Å². The van der Waals surface area contributed by atoms with Crippen molar-refractivity contribution < 1.29 is 0 Å². The van der Waals surface area contributed by atoms with E-state index in [1.54, 1.807) is 11.8 Å². The minimum Gasteiger partial charge on any atom is -0.368 e. The van der Waals surface area contributed by atoms with Crippen molar-refractivity contribution in [2.75, 3.05) is 11.5 Å². The summed E-state index contributed by atoms with van der Waals surface area (Å²) in [6.45, 7) is 2.22. The van der Waals surface area contributed by atoms with Crippen molar-refractivity contribution in [2.45, 2.75) is 69.9 Å². The molecule has 1 aromatic rings. The second-order valence-corrected chi connectivity index (χ2v) is 6.72. The number of anilines is 1. The molecule has 20 heavy (non-hydrogen) atoms. The maximum absolute atomic E-state index is 5.82. The zero-order chi connectivity index (χ0) is 14.2. The molecule has 1 aromatic heterocycles. The SMILES string of the molecule is CCCCCSc1nc(N)nc(CC2CCCCC2)n1. The molecule has 112 valence electrons. The summed E-state index contributed by atoms with van der Waals surface area (Å²) in [6.07, 6.45) is 11.4. The first-order chi connectivity index (χ1) is 9.78. The van der Waals surface area contributed by atoms with Crippen molar-refractivity contribution in [1.82, 2.24) is 15.0 Å². The van der Waals surface area contributed by atoms with Crippen LogP contribution in [0.4, 0.5) is 5.95 Å². The highest BCUT2D eigenvalue weighted by molar-refractivity contribution is 7.99. The minimum absolute atomic E-state index is 0.379. The molecule has 1 fully saturated rings. The molecule has 0 radical (unpaired) electrons. The van der Waals surface area contributed by atoms with Crippen LogP contribution in [0.5, 0.6) is 0 Å². The summed E-state index contributed by atoms with van der Waals surface area (Å²) in [5.41, 5.74) is 5.82. The molecule has 1 saturated carbocycles. The molecule has 0 saturated heterocycles. The third kappa shape index (κ3) is 5.27. The van der Waals surface area contributed by atoms with Crippen LogP contribution in [-0.4, -0.2) is 20.7 Å². The standard InChI is InChI=1S/C15H26N4S/c1-2-3-7-10-20-15-18-13(17-14(16)19-15)11-12-8-5-4-6-9-12/h12H,2-11H2,1H3,(H2,16,17,18,19). The summed E-state index contributed by atoms with van der Waals surface area (Å²) in [4.78, 5) is 13.1. The van der Waals surface area contributed by atoms with Crippen LogP contribution >= 0.6 is 11.8 Å². The van der Waals surface area contributed by atoms with Gasteiger partial charge in [-0.25, -0.2) is 4.98 Å². The lowest BCUT2D eigenvalue weighted by Gasteiger charge is -2.20. The van der Waals surface area contributed by atoms with Gasteiger partial charge < -0.3 is 5.73 Å². The fourth-order valence-corrected chi connectivity index (χ4v) is 3.60. The van der Waals surface area contributed by atoms with Crippen LogP contribution in [0.15, 0.2) is 5.16 Å². The molecule has 0 atom stereocenters. The van der Waals surface area contributed by atoms with Gasteiger partial charge in [-0.2, -0.15) is 9.97 Å². The molecule has 2 rings (SSSR count). The summed E-state index contributed by atoms with van der Waals surface area (Å²) in [7, 11) is 0. The van der Waals surface area contributed by atoms with E-state index in [0.717, 1.165) is 29.1 Å². The molecule has 0 aliphatic heterocycles. The van der Waals surface area contributed by atoms with Crippen molar-refractivity contribution in [2.24, 2.45) is 5.92 Å². The smallest absolute Gasteiger partial charge is 0.224 e. The molecule has 0 aromatic carbocycles. The maximum Gasteiger partial charge on any atom is 0.224 e. The number of nitrogen functional groups attached to an aromatic ring is 1. The van der Waals surface area contributed by atoms with E-state index in [1.165, 1.54) is 51.4 Å². The fraction of sp³-hybridized carbons (Fsp3) is 0.800. The van der Waals surface area contributed by atoms with Gasteiger partial charge in [0, 0.05) is 12.2 Å². The Kier molecular flexibility index (Phi) is 6.57. The number of hydrogen-bond donors (Lipinski definition) is 1. The number of unbranched alkanes of at least 4 members (excludes halogenated alkanes) is 2. The Balaban J connectivity index is 1.89. The Morgan fingerprint density at radius 3 is 2.65 bits per heavy atom. The summed E-state index contributed by atoms with van der Waals surface area (Å²) < 4.78 is 0. The van der Waals surface area contributed by atoms with Gasteiger partial charge in [-0.15, -0.1) is 0 Å². The number of thioether (sulfide) groups is 1. The van der Waals surface area contributed by atoms with Gasteiger partial charge >= 0.3 is 0 Å². The van der Waals surface area contributed by atoms with E-state index in [1.807, 2.05) is 0 Å². The Morgan fingerprint density at radius 2 is 1.90 bits per heavy atom. The molecule has 1 aliphatic carbocycles. The van der Waals surface area contributed by atoms with Gasteiger partial charge in [-0.1, -0.05) is 63.6 Å². The normalized spacial score (nSPS) is 16.4. The van der Waals surface area contributed by atoms with E-state index in [-0.39, 0.29) is 0 Å². The molecule has 2 N–H and O–H groups in total. The van der Waals surface area contributed by atoms with Crippen LogP contribution in [0.25, 0.3) is 0 Å². The van der Waals surface area contributed by atoms with Crippen LogP contribution in [0.1, 0.15) is 64.1 Å². The summed E-state index contributed by atoms with van der Waals surface area (Å²) in [6, 6.07) is 0. The Morgan fingerprint density at radius 1 is 1.10 bits per heavy atom. The van der Waals surface area contributed by atoms with Crippen LogP contribution in [0.3, 0.4) is 0 Å². The van der Waals surface area contributed by atoms with E-state index >= 15 is 0 Å². The van der Waals surface area contributed by atoms with Gasteiger partial charge in [0.1, 0.15) is 5.82 Å². The number of aromatic nitrogens is 3.